The van der Waals surface area contributed by atoms with Gasteiger partial charge in [0.05, 0.1) is 25.4 Å². The first kappa shape index (κ1) is 69.6. The first-order valence-electron chi connectivity index (χ1n) is 31.2. The summed E-state index contributed by atoms with van der Waals surface area (Å²) in [6.07, 6.45) is 51.0. The van der Waals surface area contributed by atoms with Crippen LogP contribution in [-0.2, 0) is 14.3 Å². The summed E-state index contributed by atoms with van der Waals surface area (Å²) in [4.78, 5) is 13.2. The molecule has 1 heterocycles. The van der Waals surface area contributed by atoms with Crippen LogP contribution in [0.2, 0.25) is 0 Å². The van der Waals surface area contributed by atoms with Crippen LogP contribution in [0.25, 0.3) is 0 Å². The maximum Gasteiger partial charge on any atom is 0.249 e. The van der Waals surface area contributed by atoms with E-state index in [2.05, 4.69) is 43.5 Å². The van der Waals surface area contributed by atoms with Gasteiger partial charge in [-0.25, -0.2) is 0 Å². The summed E-state index contributed by atoms with van der Waals surface area (Å²) in [5.74, 6) is -0.705. The molecule has 0 bridgehead atoms. The summed E-state index contributed by atoms with van der Waals surface area (Å²) in [6.45, 7) is 3.47. The molecule has 11 heteroatoms. The Morgan fingerprint density at radius 2 is 0.822 bits per heavy atom. The largest absolute Gasteiger partial charge is 0.394 e. The molecule has 0 spiro atoms. The van der Waals surface area contributed by atoms with Crippen LogP contribution in [0.5, 0.6) is 0 Å². The summed E-state index contributed by atoms with van der Waals surface area (Å²) in [5.41, 5.74) is 0. The highest BCUT2D eigenvalue weighted by Gasteiger charge is 2.44. The maximum atomic E-state index is 13.2. The fourth-order valence-electron chi connectivity index (χ4n) is 10.2. The minimum absolute atomic E-state index is 0.249. The summed E-state index contributed by atoms with van der Waals surface area (Å²) in [5, 5.41) is 76.2. The lowest BCUT2D eigenvalue weighted by atomic mass is 9.98. The second kappa shape index (κ2) is 51.4. The van der Waals surface area contributed by atoms with Crippen molar-refractivity contribution < 1.29 is 50.0 Å². The molecule has 432 valence electrons. The third-order valence-corrected chi connectivity index (χ3v) is 15.2. The van der Waals surface area contributed by atoms with E-state index in [0.29, 0.717) is 19.3 Å². The van der Waals surface area contributed by atoms with E-state index in [4.69, 9.17) is 9.47 Å². The number of ether oxygens (including phenoxy) is 2. The number of unbranched alkanes of at least 4 members (excludes halogenated alkanes) is 38. The lowest BCUT2D eigenvalue weighted by molar-refractivity contribution is -0.303. The van der Waals surface area contributed by atoms with Crippen LogP contribution in [0, 0.1) is 0 Å². The number of amides is 1. The zero-order valence-corrected chi connectivity index (χ0v) is 47.4. The predicted molar refractivity (Wildman–Crippen MR) is 302 cm³/mol. The van der Waals surface area contributed by atoms with Crippen LogP contribution < -0.4 is 5.32 Å². The van der Waals surface area contributed by atoms with Crippen LogP contribution in [0.1, 0.15) is 296 Å². The van der Waals surface area contributed by atoms with E-state index in [-0.39, 0.29) is 12.8 Å². The SMILES string of the molecule is CCCCCCCCCCCC/C=C/CC/C=C/CCCC(O)C(O)C(COC1OC(CO)C(O)C(O)C1O)NC(=O)C(O)CCCCCCCCCCCCCCCCCCCCCCCCCCCCC. The Kier molecular flexibility index (Phi) is 49.0. The van der Waals surface area contributed by atoms with Gasteiger partial charge in [-0.3, -0.25) is 4.79 Å². The van der Waals surface area contributed by atoms with E-state index in [9.17, 15) is 40.5 Å². The molecular weight excluding hydrogens is 919 g/mol. The molecule has 11 nitrogen and oxygen atoms in total. The first-order valence-corrected chi connectivity index (χ1v) is 31.2. The molecule has 0 aromatic heterocycles. The second-order valence-electron chi connectivity index (χ2n) is 22.1. The monoisotopic (exact) mass is 1040 g/mol. The molecule has 0 saturated carbocycles. The zero-order chi connectivity index (χ0) is 53.3. The number of aliphatic hydroxyl groups is 7. The molecule has 0 radical (unpaired) electrons. The number of allylic oxidation sites excluding steroid dienone is 4. The first-order chi connectivity index (χ1) is 35.7. The lowest BCUT2D eigenvalue weighted by Crippen LogP contribution is -2.60. The molecule has 1 aliphatic rings. The number of carbonyl (C=O) groups is 1. The van der Waals surface area contributed by atoms with E-state index in [1.807, 2.05) is 0 Å². The molecule has 1 saturated heterocycles. The van der Waals surface area contributed by atoms with Gasteiger partial charge in [-0.15, -0.1) is 0 Å². The zero-order valence-electron chi connectivity index (χ0n) is 47.4. The van der Waals surface area contributed by atoms with Crippen molar-refractivity contribution in [2.24, 2.45) is 0 Å². The van der Waals surface area contributed by atoms with Gasteiger partial charge in [0.2, 0.25) is 5.91 Å². The highest BCUT2D eigenvalue weighted by molar-refractivity contribution is 5.80. The van der Waals surface area contributed by atoms with Crippen molar-refractivity contribution in [3.63, 3.8) is 0 Å². The summed E-state index contributed by atoms with van der Waals surface area (Å²) >= 11 is 0. The molecular formula is C62H119NO10. The molecule has 9 atom stereocenters. The van der Waals surface area contributed by atoms with Crippen LogP contribution >= 0.6 is 0 Å². The Morgan fingerprint density at radius 1 is 0.466 bits per heavy atom. The van der Waals surface area contributed by atoms with E-state index in [0.717, 1.165) is 38.5 Å². The number of hydrogen-bond acceptors (Lipinski definition) is 10. The molecule has 1 rings (SSSR count). The molecule has 0 aromatic carbocycles. The van der Waals surface area contributed by atoms with Gasteiger partial charge in [0.1, 0.15) is 36.6 Å². The standard InChI is InChI=1S/C62H119NO10/c1-3-5-7-9-11-13-15-17-19-21-23-24-25-26-27-28-29-30-32-34-36-38-40-42-44-46-48-50-55(66)61(71)63-53(52-72-62-60(70)59(69)58(68)56(51-64)73-62)57(67)54(65)49-47-45-43-41-39-37-35-33-31-22-20-18-16-14-12-10-8-6-4-2/h33,35,41,43,53-60,62,64-70H,3-32,34,36-40,42,44-52H2,1-2H3,(H,63,71)/b35-33+,43-41+. The highest BCUT2D eigenvalue weighted by atomic mass is 16.7. The Labute approximate surface area is 448 Å². The highest BCUT2D eigenvalue weighted by Crippen LogP contribution is 2.24. The van der Waals surface area contributed by atoms with Gasteiger partial charge in [-0.05, 0) is 51.4 Å². The molecule has 0 aliphatic carbocycles. The smallest absolute Gasteiger partial charge is 0.249 e. The van der Waals surface area contributed by atoms with E-state index in [1.54, 1.807) is 0 Å². The number of aliphatic hydroxyl groups excluding tert-OH is 7. The Hall–Kier alpha value is -1.41. The lowest BCUT2D eigenvalue weighted by Gasteiger charge is -2.40. The van der Waals surface area contributed by atoms with Crippen molar-refractivity contribution in [2.45, 2.75) is 351 Å². The number of rotatable bonds is 54. The van der Waals surface area contributed by atoms with Crippen molar-refractivity contribution >= 4 is 5.91 Å². The molecule has 1 fully saturated rings. The summed E-state index contributed by atoms with van der Waals surface area (Å²) < 4.78 is 11.1. The molecule has 1 amide bonds. The van der Waals surface area contributed by atoms with Gasteiger partial charge in [0, 0.05) is 0 Å². The molecule has 0 aromatic rings. The van der Waals surface area contributed by atoms with E-state index >= 15 is 0 Å². The maximum absolute atomic E-state index is 13.2. The summed E-state index contributed by atoms with van der Waals surface area (Å²) in [6, 6.07) is -1.19. The molecule has 8 N–H and O–H groups in total. The summed E-state index contributed by atoms with van der Waals surface area (Å²) in [7, 11) is 0. The van der Waals surface area contributed by atoms with E-state index in [1.165, 1.54) is 212 Å². The van der Waals surface area contributed by atoms with Crippen LogP contribution in [0.4, 0.5) is 0 Å². The van der Waals surface area contributed by atoms with Crippen LogP contribution in [0.15, 0.2) is 24.3 Å². The van der Waals surface area contributed by atoms with Crippen molar-refractivity contribution in [3.05, 3.63) is 24.3 Å². The number of carbonyl (C=O) groups excluding carboxylic acids is 1. The van der Waals surface area contributed by atoms with Crippen molar-refractivity contribution in [1.82, 2.24) is 5.32 Å². The fourth-order valence-corrected chi connectivity index (χ4v) is 10.2. The number of nitrogens with one attached hydrogen (secondary N) is 1. The normalized spacial score (nSPS) is 20.0. The van der Waals surface area contributed by atoms with Gasteiger partial charge in [0.15, 0.2) is 6.29 Å². The Balaban J connectivity index is 2.27. The third-order valence-electron chi connectivity index (χ3n) is 15.2. The minimum Gasteiger partial charge on any atom is -0.394 e. The van der Waals surface area contributed by atoms with Crippen molar-refractivity contribution in [3.8, 4) is 0 Å². The number of hydrogen-bond donors (Lipinski definition) is 8. The average Bonchev–Trinajstić information content (AvgIpc) is 3.39. The predicted octanol–water partition coefficient (Wildman–Crippen LogP) is 13.7. The van der Waals surface area contributed by atoms with Gasteiger partial charge in [0.25, 0.3) is 0 Å². The Bertz CT molecular complexity index is 1240. The minimum atomic E-state index is -1.67. The van der Waals surface area contributed by atoms with Gasteiger partial charge < -0.3 is 50.5 Å². The molecule has 1 aliphatic heterocycles. The van der Waals surface area contributed by atoms with Crippen molar-refractivity contribution in [2.75, 3.05) is 13.2 Å². The van der Waals surface area contributed by atoms with Crippen LogP contribution in [-0.4, -0.2) is 110 Å². The van der Waals surface area contributed by atoms with Gasteiger partial charge >= 0.3 is 0 Å². The third kappa shape index (κ3) is 39.6. The fraction of sp³-hybridized carbons (Fsp3) is 0.919. The molecule has 73 heavy (non-hydrogen) atoms. The van der Waals surface area contributed by atoms with Gasteiger partial charge in [-0.2, -0.15) is 0 Å². The van der Waals surface area contributed by atoms with Gasteiger partial charge in [-0.1, -0.05) is 269 Å². The topological polar surface area (TPSA) is 189 Å². The molecule has 9 unspecified atom stereocenters. The second-order valence-corrected chi connectivity index (χ2v) is 22.1. The quantitative estimate of drug-likeness (QED) is 0.0215. The van der Waals surface area contributed by atoms with Crippen LogP contribution in [0.3, 0.4) is 0 Å². The Morgan fingerprint density at radius 3 is 1.22 bits per heavy atom. The van der Waals surface area contributed by atoms with Crippen molar-refractivity contribution in [1.29, 1.82) is 0 Å². The average molecular weight is 1040 g/mol. The van der Waals surface area contributed by atoms with E-state index < -0.39 is 74.2 Å².